The van der Waals surface area contributed by atoms with Crippen LogP contribution in [0.25, 0.3) is 0 Å². The van der Waals surface area contributed by atoms with Crippen LogP contribution < -0.4 is 0 Å². The minimum Gasteiger partial charge on any atom is -0.377 e. The van der Waals surface area contributed by atoms with E-state index in [-0.39, 0.29) is 5.92 Å². The molecule has 4 heteroatoms. The lowest BCUT2D eigenvalue weighted by atomic mass is 9.73. The molecule has 4 nitrogen and oxygen atoms in total. The first kappa shape index (κ1) is 23.7. The van der Waals surface area contributed by atoms with Crippen molar-refractivity contribution in [3.8, 4) is 0 Å². The zero-order valence-electron chi connectivity index (χ0n) is 20.6. The van der Waals surface area contributed by atoms with Crippen LogP contribution >= 0.6 is 0 Å². The number of hydrogen-bond acceptors (Lipinski definition) is 2. The van der Waals surface area contributed by atoms with Gasteiger partial charge in [0.1, 0.15) is 18.0 Å². The number of aromatic nitrogens is 2. The van der Waals surface area contributed by atoms with E-state index in [0.717, 1.165) is 54.6 Å². The first-order valence-electron chi connectivity index (χ1n) is 12.5. The zero-order chi connectivity index (χ0) is 23.3. The van der Waals surface area contributed by atoms with Crippen LogP contribution in [0.2, 0.25) is 0 Å². The molecule has 1 heterocycles. The summed E-state index contributed by atoms with van der Waals surface area (Å²) < 4.78 is 3.07. The predicted molar refractivity (Wildman–Crippen MR) is 135 cm³/mol. The van der Waals surface area contributed by atoms with Crippen molar-refractivity contribution in [2.75, 3.05) is 20.6 Å². The molecular formula is C29H40N3O+. The summed E-state index contributed by atoms with van der Waals surface area (Å²) in [5.41, 5.74) is 2.51. The Morgan fingerprint density at radius 1 is 0.970 bits per heavy atom. The van der Waals surface area contributed by atoms with E-state index in [1.165, 1.54) is 30.5 Å². The van der Waals surface area contributed by atoms with Crippen molar-refractivity contribution < 1.29 is 9.59 Å². The van der Waals surface area contributed by atoms with Crippen molar-refractivity contribution in [2.24, 2.45) is 13.0 Å². The summed E-state index contributed by atoms with van der Waals surface area (Å²) in [5, 5.41) is 12.3. The molecule has 1 atom stereocenters. The van der Waals surface area contributed by atoms with Crippen molar-refractivity contribution in [3.05, 3.63) is 89.5 Å². The fourth-order valence-electron chi connectivity index (χ4n) is 5.58. The number of aryl methyl sites for hydroxylation is 1. The van der Waals surface area contributed by atoms with E-state index in [1.807, 2.05) is 24.4 Å². The summed E-state index contributed by atoms with van der Waals surface area (Å²) in [6.45, 7) is 1.99. The smallest absolute Gasteiger partial charge is 0.150 e. The van der Waals surface area contributed by atoms with Crippen LogP contribution in [0.15, 0.2) is 66.9 Å². The maximum Gasteiger partial charge on any atom is 0.150 e. The Balaban J connectivity index is 1.53. The molecule has 1 fully saturated rings. The Labute approximate surface area is 199 Å². The summed E-state index contributed by atoms with van der Waals surface area (Å²) in [6, 6.07) is 20.9. The van der Waals surface area contributed by atoms with Crippen molar-refractivity contribution in [3.63, 3.8) is 0 Å². The number of imidazole rings is 1. The lowest BCUT2D eigenvalue weighted by Gasteiger charge is -2.38. The van der Waals surface area contributed by atoms with Crippen LogP contribution in [-0.4, -0.2) is 39.8 Å². The molecule has 4 rings (SSSR count). The van der Waals surface area contributed by atoms with Crippen LogP contribution in [0.5, 0.6) is 0 Å². The highest BCUT2D eigenvalue weighted by Gasteiger charge is 2.44. The lowest BCUT2D eigenvalue weighted by molar-refractivity contribution is -0.904. The van der Waals surface area contributed by atoms with E-state index in [4.69, 9.17) is 4.98 Å². The number of nitrogens with zero attached hydrogens (tertiary/aromatic N) is 3. The second kappa shape index (κ2) is 10.2. The van der Waals surface area contributed by atoms with Crippen molar-refractivity contribution in [2.45, 2.75) is 57.1 Å². The number of hydrogen-bond donors (Lipinski definition) is 1. The number of rotatable bonds is 9. The summed E-state index contributed by atoms with van der Waals surface area (Å²) in [5.74, 6) is 0.996. The van der Waals surface area contributed by atoms with E-state index < -0.39 is 5.60 Å². The van der Waals surface area contributed by atoms with Crippen molar-refractivity contribution in [1.82, 2.24) is 9.55 Å². The Morgan fingerprint density at radius 2 is 1.61 bits per heavy atom. The van der Waals surface area contributed by atoms with Gasteiger partial charge in [-0.2, -0.15) is 0 Å². The Morgan fingerprint density at radius 3 is 2.27 bits per heavy atom. The van der Waals surface area contributed by atoms with Gasteiger partial charge in [0.2, 0.25) is 0 Å². The van der Waals surface area contributed by atoms with Gasteiger partial charge in [-0.15, -0.1) is 0 Å². The molecule has 1 unspecified atom stereocenters. The standard InChI is InChI=1S/C29H40N3O/c1-31-27(23-32(2,3)21-13-16-24-14-7-4-8-15-24)22-30-28(31)29(33,25-17-9-5-10-18-25)26-19-11-6-12-20-26/h4-5,7-10,14-15,17-18,22,26,33H,6,11-13,16,19-21,23H2,1-3H3/q+1. The van der Waals surface area contributed by atoms with E-state index >= 15 is 0 Å². The highest BCUT2D eigenvalue weighted by molar-refractivity contribution is 5.32. The normalized spacial score (nSPS) is 17.1. The highest BCUT2D eigenvalue weighted by atomic mass is 16.3. The molecule has 1 aliphatic carbocycles. The summed E-state index contributed by atoms with van der Waals surface area (Å²) in [4.78, 5) is 4.85. The lowest BCUT2D eigenvalue weighted by Crippen LogP contribution is -2.42. The second-order valence-corrected chi connectivity index (χ2v) is 10.5. The molecule has 1 N–H and O–H groups in total. The molecule has 0 amide bonds. The largest absolute Gasteiger partial charge is 0.377 e. The van der Waals surface area contributed by atoms with Gasteiger partial charge >= 0.3 is 0 Å². The molecule has 2 aromatic carbocycles. The Hall–Kier alpha value is -2.43. The van der Waals surface area contributed by atoms with Crippen molar-refractivity contribution in [1.29, 1.82) is 0 Å². The third-order valence-electron chi connectivity index (χ3n) is 7.50. The van der Waals surface area contributed by atoms with E-state index in [2.05, 4.69) is 68.2 Å². The van der Waals surface area contributed by atoms with Crippen LogP contribution in [0.3, 0.4) is 0 Å². The average molecular weight is 447 g/mol. The molecule has 1 aliphatic rings. The second-order valence-electron chi connectivity index (χ2n) is 10.5. The molecule has 176 valence electrons. The minimum atomic E-state index is -1.04. The molecule has 0 spiro atoms. The monoisotopic (exact) mass is 446 g/mol. The van der Waals surface area contributed by atoms with Gasteiger partial charge in [-0.3, -0.25) is 0 Å². The van der Waals surface area contributed by atoms with Gasteiger partial charge in [0.05, 0.1) is 32.5 Å². The Bertz CT molecular complexity index is 1010. The molecule has 0 radical (unpaired) electrons. The van der Waals surface area contributed by atoms with Crippen LogP contribution in [0.4, 0.5) is 0 Å². The van der Waals surface area contributed by atoms with E-state index in [1.54, 1.807) is 0 Å². The third-order valence-corrected chi connectivity index (χ3v) is 7.50. The molecule has 1 saturated carbocycles. The number of aliphatic hydroxyl groups is 1. The predicted octanol–water partition coefficient (Wildman–Crippen LogP) is 5.45. The van der Waals surface area contributed by atoms with E-state index in [0.29, 0.717) is 0 Å². The van der Waals surface area contributed by atoms with Gasteiger partial charge in [-0.25, -0.2) is 4.98 Å². The SMILES string of the molecule is Cn1c(C[N+](C)(C)CCCc2ccccc2)cnc1C(O)(c1ccccc1)C1CCCCC1. The van der Waals surface area contributed by atoms with Crippen LogP contribution in [0, 0.1) is 5.92 Å². The first-order chi connectivity index (χ1) is 15.9. The minimum absolute atomic E-state index is 0.205. The number of quaternary nitrogens is 1. The van der Waals surface area contributed by atoms with Crippen LogP contribution in [-0.2, 0) is 25.6 Å². The van der Waals surface area contributed by atoms with Gasteiger partial charge in [-0.05, 0) is 36.3 Å². The van der Waals surface area contributed by atoms with Gasteiger partial charge in [0.15, 0.2) is 0 Å². The molecule has 0 aliphatic heterocycles. The summed E-state index contributed by atoms with van der Waals surface area (Å²) in [6.07, 6.45) is 9.98. The van der Waals surface area contributed by atoms with E-state index in [9.17, 15) is 5.11 Å². The van der Waals surface area contributed by atoms with Crippen LogP contribution in [0.1, 0.15) is 61.2 Å². The molecular weight excluding hydrogens is 406 g/mol. The Kier molecular flexibility index (Phi) is 7.35. The average Bonchev–Trinajstić information content (AvgIpc) is 3.20. The summed E-state index contributed by atoms with van der Waals surface area (Å²) in [7, 11) is 6.67. The molecule has 0 bridgehead atoms. The highest BCUT2D eigenvalue weighted by Crippen LogP contribution is 2.43. The van der Waals surface area contributed by atoms with Gasteiger partial charge < -0.3 is 14.2 Å². The fraction of sp³-hybridized carbons (Fsp3) is 0.483. The summed E-state index contributed by atoms with van der Waals surface area (Å²) >= 11 is 0. The molecule has 3 aromatic rings. The molecule has 33 heavy (non-hydrogen) atoms. The zero-order valence-corrected chi connectivity index (χ0v) is 20.6. The maximum absolute atomic E-state index is 12.3. The molecule has 1 aromatic heterocycles. The quantitative estimate of drug-likeness (QED) is 0.444. The third kappa shape index (κ3) is 5.39. The van der Waals surface area contributed by atoms with Gasteiger partial charge in [-0.1, -0.05) is 79.9 Å². The van der Waals surface area contributed by atoms with Crippen molar-refractivity contribution >= 4 is 0 Å². The molecule has 0 saturated heterocycles. The van der Waals surface area contributed by atoms with Gasteiger partial charge in [0, 0.05) is 13.5 Å². The number of benzene rings is 2. The topological polar surface area (TPSA) is 38.0 Å². The first-order valence-corrected chi connectivity index (χ1v) is 12.5. The fourth-order valence-corrected chi connectivity index (χ4v) is 5.58. The van der Waals surface area contributed by atoms with Gasteiger partial charge in [0.25, 0.3) is 0 Å². The maximum atomic E-state index is 12.3.